The lowest BCUT2D eigenvalue weighted by Crippen LogP contribution is -2.09. The van der Waals surface area contributed by atoms with Crippen molar-refractivity contribution in [1.82, 2.24) is 9.97 Å². The van der Waals surface area contributed by atoms with Gasteiger partial charge in [-0.05, 0) is 30.7 Å². The van der Waals surface area contributed by atoms with Crippen LogP contribution in [-0.4, -0.2) is 23.0 Å². The van der Waals surface area contributed by atoms with Gasteiger partial charge in [-0.15, -0.1) is 0 Å². The van der Waals surface area contributed by atoms with Gasteiger partial charge in [-0.2, -0.15) is 0 Å². The topological polar surface area (TPSA) is 78.1 Å². The van der Waals surface area contributed by atoms with E-state index in [1.165, 1.54) is 25.4 Å². The summed E-state index contributed by atoms with van der Waals surface area (Å²) in [6.45, 7) is 1.76. The fraction of sp³-hybridized carbons (Fsp3) is 0.154. The van der Waals surface area contributed by atoms with Gasteiger partial charge in [0.05, 0.1) is 7.11 Å². The Morgan fingerprint density at radius 2 is 2.11 bits per heavy atom. The van der Waals surface area contributed by atoms with Crippen LogP contribution in [0.1, 0.15) is 15.9 Å². The number of halogens is 1. The van der Waals surface area contributed by atoms with E-state index in [1.807, 2.05) is 0 Å². The zero-order valence-corrected chi connectivity index (χ0v) is 10.5. The quantitative estimate of drug-likeness (QED) is 0.836. The highest BCUT2D eigenvalue weighted by molar-refractivity contribution is 5.93. The molecule has 0 spiro atoms. The molecule has 0 aliphatic rings. The predicted molar refractivity (Wildman–Crippen MR) is 67.9 cm³/mol. The summed E-state index contributed by atoms with van der Waals surface area (Å²) in [6.07, 6.45) is 1.27. The van der Waals surface area contributed by atoms with E-state index in [2.05, 4.69) is 14.7 Å². The summed E-state index contributed by atoms with van der Waals surface area (Å²) in [4.78, 5) is 19.3. The minimum absolute atomic E-state index is 0.00114. The van der Waals surface area contributed by atoms with Crippen molar-refractivity contribution < 1.29 is 13.9 Å². The molecular formula is C13H12FN3O2. The first-order valence-electron chi connectivity index (χ1n) is 5.49. The molecule has 0 unspecified atom stereocenters. The Hall–Kier alpha value is -2.50. The average molecular weight is 261 g/mol. The van der Waals surface area contributed by atoms with Crippen LogP contribution < -0.4 is 5.73 Å². The van der Waals surface area contributed by atoms with Crippen LogP contribution in [0.25, 0.3) is 11.4 Å². The molecule has 1 aromatic heterocycles. The summed E-state index contributed by atoms with van der Waals surface area (Å²) in [5, 5.41) is 0. The third kappa shape index (κ3) is 2.67. The second-order valence-corrected chi connectivity index (χ2v) is 4.00. The summed E-state index contributed by atoms with van der Waals surface area (Å²) >= 11 is 0. The molecule has 6 heteroatoms. The number of rotatable bonds is 2. The van der Waals surface area contributed by atoms with Crippen molar-refractivity contribution in [3.63, 3.8) is 0 Å². The first kappa shape index (κ1) is 12.9. The number of carbonyl (C=O) groups excluding carboxylic acids is 1. The van der Waals surface area contributed by atoms with Crippen molar-refractivity contribution in [1.29, 1.82) is 0 Å². The molecule has 19 heavy (non-hydrogen) atoms. The van der Waals surface area contributed by atoms with Gasteiger partial charge in [0.2, 0.25) is 0 Å². The second-order valence-electron chi connectivity index (χ2n) is 4.00. The summed E-state index contributed by atoms with van der Waals surface area (Å²) in [5.41, 5.74) is 6.99. The van der Waals surface area contributed by atoms with Crippen LogP contribution in [-0.2, 0) is 4.74 Å². The highest BCUT2D eigenvalue weighted by Gasteiger charge is 2.14. The molecular weight excluding hydrogens is 249 g/mol. The van der Waals surface area contributed by atoms with Crippen LogP contribution in [0.5, 0.6) is 0 Å². The molecule has 0 atom stereocenters. The number of nitrogen functional groups attached to an aromatic ring is 1. The van der Waals surface area contributed by atoms with Crippen molar-refractivity contribution in [2.75, 3.05) is 12.8 Å². The largest absolute Gasteiger partial charge is 0.465 e. The number of methoxy groups -OCH3 is 1. The monoisotopic (exact) mass is 261 g/mol. The molecule has 0 aliphatic carbocycles. The highest BCUT2D eigenvalue weighted by atomic mass is 19.1. The molecule has 0 bridgehead atoms. The van der Waals surface area contributed by atoms with Gasteiger partial charge in [0.25, 0.3) is 0 Å². The molecule has 1 heterocycles. The molecule has 0 fully saturated rings. The summed E-state index contributed by atoms with van der Waals surface area (Å²) in [5.74, 6) is -0.736. The Bertz CT molecular complexity index is 624. The maximum atomic E-state index is 13.3. The summed E-state index contributed by atoms with van der Waals surface area (Å²) in [7, 11) is 1.24. The zero-order chi connectivity index (χ0) is 14.0. The van der Waals surface area contributed by atoms with Gasteiger partial charge >= 0.3 is 5.97 Å². The number of aromatic nitrogens is 2. The van der Waals surface area contributed by atoms with Crippen molar-refractivity contribution >= 4 is 11.8 Å². The number of anilines is 1. The van der Waals surface area contributed by atoms with Crippen LogP contribution in [0, 0.1) is 12.7 Å². The molecule has 0 aliphatic heterocycles. The minimum atomic E-state index is -0.612. The van der Waals surface area contributed by atoms with Crippen LogP contribution in [0.3, 0.4) is 0 Å². The minimum Gasteiger partial charge on any atom is -0.465 e. The first-order chi connectivity index (χ1) is 9.01. The first-order valence-corrected chi connectivity index (χ1v) is 5.49. The van der Waals surface area contributed by atoms with Crippen molar-refractivity contribution in [2.24, 2.45) is 0 Å². The third-order valence-electron chi connectivity index (χ3n) is 2.52. The van der Waals surface area contributed by atoms with E-state index in [-0.39, 0.29) is 23.0 Å². The SMILES string of the molecule is COC(=O)c1cnc(-c2cc(C)cc(F)c2)nc1N. The van der Waals surface area contributed by atoms with Gasteiger partial charge in [0.15, 0.2) is 5.82 Å². The van der Waals surface area contributed by atoms with E-state index in [0.717, 1.165) is 5.56 Å². The van der Waals surface area contributed by atoms with Crippen molar-refractivity contribution in [3.8, 4) is 11.4 Å². The van der Waals surface area contributed by atoms with E-state index in [4.69, 9.17) is 5.73 Å². The number of esters is 1. The van der Waals surface area contributed by atoms with Gasteiger partial charge in [0.1, 0.15) is 17.2 Å². The molecule has 5 nitrogen and oxygen atoms in total. The molecule has 0 saturated heterocycles. The third-order valence-corrected chi connectivity index (χ3v) is 2.52. The average Bonchev–Trinajstić information content (AvgIpc) is 2.36. The molecule has 0 radical (unpaired) electrons. The molecule has 2 rings (SSSR count). The lowest BCUT2D eigenvalue weighted by molar-refractivity contribution is 0.0601. The number of hydrogen-bond acceptors (Lipinski definition) is 5. The molecule has 0 saturated carbocycles. The number of aryl methyl sites for hydroxylation is 1. The summed E-state index contributed by atoms with van der Waals surface area (Å²) < 4.78 is 17.9. The number of ether oxygens (including phenoxy) is 1. The van der Waals surface area contributed by atoms with Crippen molar-refractivity contribution in [3.05, 3.63) is 41.3 Å². The smallest absolute Gasteiger partial charge is 0.343 e. The van der Waals surface area contributed by atoms with Crippen LogP contribution in [0.15, 0.2) is 24.4 Å². The van der Waals surface area contributed by atoms with Gasteiger partial charge in [-0.3, -0.25) is 0 Å². The van der Waals surface area contributed by atoms with Gasteiger partial charge in [-0.1, -0.05) is 0 Å². The lowest BCUT2D eigenvalue weighted by Gasteiger charge is -2.06. The van der Waals surface area contributed by atoms with E-state index in [1.54, 1.807) is 13.0 Å². The fourth-order valence-electron chi connectivity index (χ4n) is 1.67. The van der Waals surface area contributed by atoms with Gasteiger partial charge in [0, 0.05) is 11.8 Å². The molecule has 98 valence electrons. The standard InChI is InChI=1S/C13H12FN3O2/c1-7-3-8(5-9(14)4-7)12-16-6-10(11(15)17-12)13(18)19-2/h3-6H,1-2H3,(H2,15,16,17). The number of hydrogen-bond donors (Lipinski definition) is 1. The van der Waals surface area contributed by atoms with E-state index in [0.29, 0.717) is 5.56 Å². The van der Waals surface area contributed by atoms with Crippen LogP contribution in [0.4, 0.5) is 10.2 Å². The molecule has 0 amide bonds. The maximum absolute atomic E-state index is 13.3. The molecule has 2 aromatic rings. The Kier molecular flexibility index (Phi) is 3.41. The van der Waals surface area contributed by atoms with E-state index < -0.39 is 5.97 Å². The van der Waals surface area contributed by atoms with Crippen LogP contribution >= 0.6 is 0 Å². The number of nitrogens with two attached hydrogens (primary N) is 1. The Morgan fingerprint density at radius 1 is 1.37 bits per heavy atom. The van der Waals surface area contributed by atoms with E-state index in [9.17, 15) is 9.18 Å². The highest BCUT2D eigenvalue weighted by Crippen LogP contribution is 2.20. The Morgan fingerprint density at radius 3 is 2.68 bits per heavy atom. The van der Waals surface area contributed by atoms with E-state index >= 15 is 0 Å². The Labute approximate surface area is 109 Å². The maximum Gasteiger partial charge on any atom is 0.343 e. The number of benzene rings is 1. The summed E-state index contributed by atoms with van der Waals surface area (Å²) in [6, 6.07) is 4.44. The molecule has 2 N–H and O–H groups in total. The van der Waals surface area contributed by atoms with Crippen molar-refractivity contribution in [2.45, 2.75) is 6.92 Å². The predicted octanol–water partition coefficient (Wildman–Crippen LogP) is 1.96. The normalized spacial score (nSPS) is 10.3. The zero-order valence-electron chi connectivity index (χ0n) is 10.5. The number of carbonyl (C=O) groups is 1. The fourth-order valence-corrected chi connectivity index (χ4v) is 1.67. The van der Waals surface area contributed by atoms with Gasteiger partial charge < -0.3 is 10.5 Å². The Balaban J connectivity index is 2.47. The molecule has 1 aromatic carbocycles. The number of nitrogens with zero attached hydrogens (tertiary/aromatic N) is 2. The second kappa shape index (κ2) is 5.01. The van der Waals surface area contributed by atoms with Crippen LogP contribution in [0.2, 0.25) is 0 Å². The van der Waals surface area contributed by atoms with Gasteiger partial charge in [-0.25, -0.2) is 19.2 Å². The lowest BCUT2D eigenvalue weighted by atomic mass is 10.1.